The van der Waals surface area contributed by atoms with Crippen molar-refractivity contribution in [2.45, 2.75) is 25.8 Å². The van der Waals surface area contributed by atoms with Crippen LogP contribution >= 0.6 is 0 Å². The quantitative estimate of drug-likeness (QED) is 0.807. The average molecular weight is 348 g/mol. The van der Waals surface area contributed by atoms with Gasteiger partial charge in [0.05, 0.1) is 0 Å². The zero-order valence-corrected chi connectivity index (χ0v) is 14.3. The number of carbonyl (C=O) groups is 1. The molecule has 0 aliphatic carbocycles. The minimum Gasteiger partial charge on any atom is -0.481 e. The molecular weight excluding hydrogens is 326 g/mol. The van der Waals surface area contributed by atoms with E-state index in [-0.39, 0.29) is 24.9 Å². The Bertz CT molecular complexity index is 718. The molecule has 2 rings (SSSR count). The molecule has 0 aliphatic heterocycles. The zero-order chi connectivity index (χ0) is 18.4. The third-order valence-corrected chi connectivity index (χ3v) is 3.80. The van der Waals surface area contributed by atoms with Gasteiger partial charge in [0, 0.05) is 18.7 Å². The number of amides is 1. The van der Waals surface area contributed by atoms with Gasteiger partial charge in [0.1, 0.15) is 5.82 Å². The van der Waals surface area contributed by atoms with Gasteiger partial charge in [0.15, 0.2) is 18.2 Å². The standard InChI is InChI=1S/C19H22F2N2O2/c1-12(2)13-3-5-14(6-4-13)17(22)10-23-19(24)11-25-18-8-7-15(20)9-16(18)21/h3-9,12,17H,10-11,22H2,1-2H3,(H,23,24). The van der Waals surface area contributed by atoms with Crippen molar-refractivity contribution in [3.05, 3.63) is 65.2 Å². The van der Waals surface area contributed by atoms with Crippen LogP contribution in [0.15, 0.2) is 42.5 Å². The van der Waals surface area contributed by atoms with Crippen molar-refractivity contribution < 1.29 is 18.3 Å². The molecule has 0 saturated heterocycles. The molecule has 0 spiro atoms. The highest BCUT2D eigenvalue weighted by Crippen LogP contribution is 2.18. The number of nitrogens with one attached hydrogen (secondary N) is 1. The molecule has 3 N–H and O–H groups in total. The van der Waals surface area contributed by atoms with Crippen molar-refractivity contribution in [2.24, 2.45) is 5.73 Å². The fraction of sp³-hybridized carbons (Fsp3) is 0.316. The number of hydrogen-bond acceptors (Lipinski definition) is 3. The van der Waals surface area contributed by atoms with Crippen LogP contribution in [0.25, 0.3) is 0 Å². The van der Waals surface area contributed by atoms with Gasteiger partial charge in [0.2, 0.25) is 0 Å². The second kappa shape index (κ2) is 8.58. The summed E-state index contributed by atoms with van der Waals surface area (Å²) >= 11 is 0. The lowest BCUT2D eigenvalue weighted by atomic mass is 9.99. The number of rotatable bonds is 7. The van der Waals surface area contributed by atoms with Gasteiger partial charge in [-0.1, -0.05) is 38.1 Å². The number of ether oxygens (including phenoxy) is 1. The Balaban J connectivity index is 1.80. The van der Waals surface area contributed by atoms with E-state index in [9.17, 15) is 13.6 Å². The van der Waals surface area contributed by atoms with E-state index < -0.39 is 17.5 Å². The number of nitrogens with two attached hydrogens (primary N) is 1. The number of hydrogen-bond donors (Lipinski definition) is 2. The first kappa shape index (κ1) is 18.9. The lowest BCUT2D eigenvalue weighted by Gasteiger charge is -2.15. The molecule has 1 atom stereocenters. The molecule has 0 fully saturated rings. The van der Waals surface area contributed by atoms with Gasteiger partial charge in [-0.15, -0.1) is 0 Å². The van der Waals surface area contributed by atoms with Crippen molar-refractivity contribution in [3.63, 3.8) is 0 Å². The molecule has 1 amide bonds. The van der Waals surface area contributed by atoms with Gasteiger partial charge in [-0.2, -0.15) is 0 Å². The van der Waals surface area contributed by atoms with Crippen molar-refractivity contribution in [1.82, 2.24) is 5.32 Å². The Morgan fingerprint density at radius 3 is 2.36 bits per heavy atom. The van der Waals surface area contributed by atoms with Crippen LogP contribution in [-0.2, 0) is 4.79 Å². The molecule has 0 aliphatic rings. The largest absolute Gasteiger partial charge is 0.481 e. The van der Waals surface area contributed by atoms with Crippen molar-refractivity contribution in [2.75, 3.05) is 13.2 Å². The summed E-state index contributed by atoms with van der Waals surface area (Å²) in [7, 11) is 0. The van der Waals surface area contributed by atoms with Crippen LogP contribution in [0.1, 0.15) is 36.9 Å². The molecule has 134 valence electrons. The third-order valence-electron chi connectivity index (χ3n) is 3.80. The van der Waals surface area contributed by atoms with Crippen molar-refractivity contribution in [3.8, 4) is 5.75 Å². The summed E-state index contributed by atoms with van der Waals surface area (Å²) in [5.41, 5.74) is 8.19. The van der Waals surface area contributed by atoms with E-state index in [2.05, 4.69) is 19.2 Å². The summed E-state index contributed by atoms with van der Waals surface area (Å²) in [5, 5.41) is 2.63. The number of carbonyl (C=O) groups excluding carboxylic acids is 1. The van der Waals surface area contributed by atoms with Gasteiger partial charge in [-0.3, -0.25) is 4.79 Å². The van der Waals surface area contributed by atoms with Crippen LogP contribution < -0.4 is 15.8 Å². The Morgan fingerprint density at radius 1 is 1.12 bits per heavy atom. The maximum absolute atomic E-state index is 13.4. The second-order valence-electron chi connectivity index (χ2n) is 6.10. The molecule has 2 aromatic carbocycles. The van der Waals surface area contributed by atoms with Gasteiger partial charge >= 0.3 is 0 Å². The average Bonchev–Trinajstić information content (AvgIpc) is 2.59. The van der Waals surface area contributed by atoms with E-state index in [1.54, 1.807) is 0 Å². The smallest absolute Gasteiger partial charge is 0.258 e. The van der Waals surface area contributed by atoms with E-state index in [1.807, 2.05) is 24.3 Å². The van der Waals surface area contributed by atoms with Gasteiger partial charge in [0.25, 0.3) is 5.91 Å². The van der Waals surface area contributed by atoms with E-state index in [0.717, 1.165) is 17.7 Å². The summed E-state index contributed by atoms with van der Waals surface area (Å²) in [5.74, 6) is -1.73. The van der Waals surface area contributed by atoms with E-state index in [0.29, 0.717) is 12.0 Å². The Kier molecular flexibility index (Phi) is 6.47. The lowest BCUT2D eigenvalue weighted by molar-refractivity contribution is -0.123. The SMILES string of the molecule is CC(C)c1ccc(C(N)CNC(=O)COc2ccc(F)cc2F)cc1. The summed E-state index contributed by atoms with van der Waals surface area (Å²) < 4.78 is 31.2. The van der Waals surface area contributed by atoms with Crippen LogP contribution in [0.4, 0.5) is 8.78 Å². The van der Waals surface area contributed by atoms with Gasteiger partial charge in [-0.25, -0.2) is 8.78 Å². The fourth-order valence-electron chi connectivity index (χ4n) is 2.26. The molecular formula is C19H22F2N2O2. The normalized spacial score (nSPS) is 12.1. The first-order valence-electron chi connectivity index (χ1n) is 8.07. The van der Waals surface area contributed by atoms with Crippen LogP contribution in [-0.4, -0.2) is 19.1 Å². The third kappa shape index (κ3) is 5.53. The number of halogens is 2. The topological polar surface area (TPSA) is 64.3 Å². The summed E-state index contributed by atoms with van der Waals surface area (Å²) in [6.45, 7) is 4.08. The van der Waals surface area contributed by atoms with Crippen molar-refractivity contribution >= 4 is 5.91 Å². The highest BCUT2D eigenvalue weighted by atomic mass is 19.1. The second-order valence-corrected chi connectivity index (χ2v) is 6.10. The van der Waals surface area contributed by atoms with E-state index in [4.69, 9.17) is 10.5 Å². The van der Waals surface area contributed by atoms with Crippen molar-refractivity contribution in [1.29, 1.82) is 0 Å². The van der Waals surface area contributed by atoms with Gasteiger partial charge < -0.3 is 15.8 Å². The minimum atomic E-state index is -0.852. The lowest BCUT2D eigenvalue weighted by Crippen LogP contribution is -2.35. The molecule has 0 bridgehead atoms. The first-order chi connectivity index (χ1) is 11.9. The minimum absolute atomic E-state index is 0.176. The summed E-state index contributed by atoms with van der Waals surface area (Å²) in [6.07, 6.45) is 0. The molecule has 25 heavy (non-hydrogen) atoms. The molecule has 0 saturated carbocycles. The van der Waals surface area contributed by atoms with Crippen LogP contribution in [0.3, 0.4) is 0 Å². The predicted octanol–water partition coefficient (Wildman–Crippen LogP) is 3.28. The highest BCUT2D eigenvalue weighted by molar-refractivity contribution is 5.77. The van der Waals surface area contributed by atoms with Crippen LogP contribution in [0.5, 0.6) is 5.75 Å². The molecule has 2 aromatic rings. The Labute approximate surface area is 146 Å². The molecule has 4 nitrogen and oxygen atoms in total. The maximum atomic E-state index is 13.4. The number of benzene rings is 2. The molecule has 6 heteroatoms. The Morgan fingerprint density at radius 2 is 1.76 bits per heavy atom. The van der Waals surface area contributed by atoms with E-state index in [1.165, 1.54) is 5.56 Å². The first-order valence-corrected chi connectivity index (χ1v) is 8.07. The fourth-order valence-corrected chi connectivity index (χ4v) is 2.26. The summed E-state index contributed by atoms with van der Waals surface area (Å²) in [4.78, 5) is 11.8. The monoisotopic (exact) mass is 348 g/mol. The Hall–Kier alpha value is -2.47. The highest BCUT2D eigenvalue weighted by Gasteiger charge is 2.11. The summed E-state index contributed by atoms with van der Waals surface area (Å²) in [6, 6.07) is 10.5. The van der Waals surface area contributed by atoms with Crippen LogP contribution in [0, 0.1) is 11.6 Å². The molecule has 0 aromatic heterocycles. The molecule has 0 radical (unpaired) electrons. The predicted molar refractivity (Wildman–Crippen MR) is 92.3 cm³/mol. The maximum Gasteiger partial charge on any atom is 0.258 e. The molecule has 1 unspecified atom stereocenters. The van der Waals surface area contributed by atoms with Crippen LogP contribution in [0.2, 0.25) is 0 Å². The zero-order valence-electron chi connectivity index (χ0n) is 14.3. The van der Waals surface area contributed by atoms with Gasteiger partial charge in [-0.05, 0) is 29.2 Å². The van der Waals surface area contributed by atoms with E-state index >= 15 is 0 Å². The molecule has 0 heterocycles.